The Bertz CT molecular complexity index is 1110. The normalized spacial score (nSPS) is 19.3. The van der Waals surface area contributed by atoms with Gasteiger partial charge in [-0.25, -0.2) is 0 Å². The smallest absolute Gasteiger partial charge is 0.342 e. The van der Waals surface area contributed by atoms with Gasteiger partial charge in [0, 0.05) is 19.5 Å². The zero-order chi connectivity index (χ0) is 23.0. The first-order chi connectivity index (χ1) is 15.1. The number of H-pyrrole nitrogens is 1. The van der Waals surface area contributed by atoms with Crippen LogP contribution in [0.15, 0.2) is 29.1 Å². The van der Waals surface area contributed by atoms with Crippen LogP contribution in [0, 0.1) is 5.92 Å². The number of carbonyl (C=O) groups excluding carboxylic acids is 2. The van der Waals surface area contributed by atoms with E-state index in [0.717, 1.165) is 25.0 Å². The van der Waals surface area contributed by atoms with Crippen LogP contribution in [-0.4, -0.2) is 34.9 Å². The molecule has 3 heterocycles. The highest BCUT2D eigenvalue weighted by Crippen LogP contribution is 2.36. The lowest BCUT2D eigenvalue weighted by Crippen LogP contribution is -2.39. The molecule has 0 saturated carbocycles. The van der Waals surface area contributed by atoms with Crippen molar-refractivity contribution in [2.24, 2.45) is 5.92 Å². The zero-order valence-corrected chi connectivity index (χ0v) is 17.3. The molecule has 1 saturated heterocycles. The highest BCUT2D eigenvalue weighted by molar-refractivity contribution is 6.04. The molecular formula is C21H22F3N5O3. The molecule has 1 aromatic carbocycles. The number of nitrogens with one attached hydrogen (secondary N) is 3. The lowest BCUT2D eigenvalue weighted by molar-refractivity contribution is -0.137. The Hall–Kier alpha value is -3.37. The summed E-state index contributed by atoms with van der Waals surface area (Å²) in [5.74, 6) is -1.88. The molecule has 170 valence electrons. The number of nitrogens with zero attached hydrogens (tertiary/aromatic N) is 2. The molecule has 2 aliphatic rings. The number of halogens is 3. The minimum atomic E-state index is -4.68. The van der Waals surface area contributed by atoms with Gasteiger partial charge in [-0.1, -0.05) is 19.1 Å². The second-order valence-corrected chi connectivity index (χ2v) is 8.16. The van der Waals surface area contributed by atoms with Gasteiger partial charge in [-0.05, 0) is 30.9 Å². The number of aromatic nitrogens is 2. The molecule has 0 aliphatic carbocycles. The lowest BCUT2D eigenvalue weighted by atomic mass is 9.92. The van der Waals surface area contributed by atoms with Crippen molar-refractivity contribution in [2.45, 2.75) is 38.3 Å². The summed E-state index contributed by atoms with van der Waals surface area (Å²) in [4.78, 5) is 46.9. The van der Waals surface area contributed by atoms with Crippen molar-refractivity contribution in [2.75, 3.05) is 28.6 Å². The van der Waals surface area contributed by atoms with Gasteiger partial charge in [-0.3, -0.25) is 19.4 Å². The Morgan fingerprint density at radius 2 is 1.88 bits per heavy atom. The summed E-state index contributed by atoms with van der Waals surface area (Å²) in [5, 5.41) is 4.75. The van der Waals surface area contributed by atoms with Gasteiger partial charge in [0.15, 0.2) is 0 Å². The molecule has 3 N–H and O–H groups in total. The van der Waals surface area contributed by atoms with Crippen molar-refractivity contribution in [3.8, 4) is 0 Å². The van der Waals surface area contributed by atoms with Crippen LogP contribution in [-0.2, 0) is 15.8 Å². The van der Waals surface area contributed by atoms with Crippen LogP contribution in [0.2, 0.25) is 0 Å². The molecule has 2 amide bonds. The van der Waals surface area contributed by atoms with Gasteiger partial charge >= 0.3 is 6.18 Å². The van der Waals surface area contributed by atoms with E-state index in [1.165, 1.54) is 12.1 Å². The monoisotopic (exact) mass is 449 g/mol. The van der Waals surface area contributed by atoms with E-state index < -0.39 is 40.7 Å². The fourth-order valence-corrected chi connectivity index (χ4v) is 4.01. The van der Waals surface area contributed by atoms with E-state index in [4.69, 9.17) is 0 Å². The third-order valence-corrected chi connectivity index (χ3v) is 5.83. The van der Waals surface area contributed by atoms with Gasteiger partial charge in [0.2, 0.25) is 17.8 Å². The Balaban J connectivity index is 1.65. The molecule has 4 rings (SSSR count). The molecule has 11 heteroatoms. The predicted molar refractivity (Wildman–Crippen MR) is 112 cm³/mol. The largest absolute Gasteiger partial charge is 0.418 e. The van der Waals surface area contributed by atoms with Crippen LogP contribution in [0.1, 0.15) is 43.2 Å². The fourth-order valence-electron chi connectivity index (χ4n) is 4.01. The van der Waals surface area contributed by atoms with Crippen molar-refractivity contribution < 1.29 is 22.8 Å². The van der Waals surface area contributed by atoms with Crippen LogP contribution >= 0.6 is 0 Å². The molecule has 2 aromatic rings. The number of fused-ring (bicyclic) bond motifs is 1. The molecular weight excluding hydrogens is 427 g/mol. The summed E-state index contributed by atoms with van der Waals surface area (Å²) in [6, 6.07) is 4.52. The van der Waals surface area contributed by atoms with Crippen molar-refractivity contribution in [3.63, 3.8) is 0 Å². The van der Waals surface area contributed by atoms with Gasteiger partial charge in [0.25, 0.3) is 5.56 Å². The number of para-hydroxylation sites is 1. The number of amides is 2. The topological polar surface area (TPSA) is 107 Å². The summed E-state index contributed by atoms with van der Waals surface area (Å²) in [6.45, 7) is 3.52. The van der Waals surface area contributed by atoms with E-state index in [2.05, 4.69) is 27.5 Å². The van der Waals surface area contributed by atoms with Gasteiger partial charge in [0.05, 0.1) is 22.7 Å². The van der Waals surface area contributed by atoms with E-state index >= 15 is 0 Å². The van der Waals surface area contributed by atoms with Gasteiger partial charge in [-0.15, -0.1) is 0 Å². The van der Waals surface area contributed by atoms with Crippen molar-refractivity contribution >= 4 is 29.3 Å². The molecule has 0 bridgehead atoms. The average molecular weight is 449 g/mol. The number of alkyl halides is 3. The molecule has 2 aliphatic heterocycles. The molecule has 0 radical (unpaired) electrons. The minimum Gasteiger partial charge on any atom is -0.342 e. The Kier molecular flexibility index (Phi) is 5.66. The first kappa shape index (κ1) is 21.8. The molecule has 1 aromatic heterocycles. The minimum absolute atomic E-state index is 0.0390. The highest BCUT2D eigenvalue weighted by Gasteiger charge is 2.38. The first-order valence-corrected chi connectivity index (χ1v) is 10.3. The lowest BCUT2D eigenvalue weighted by Gasteiger charge is -2.31. The molecule has 8 nitrogen and oxygen atoms in total. The second kappa shape index (κ2) is 8.29. The molecule has 32 heavy (non-hydrogen) atoms. The quantitative estimate of drug-likeness (QED) is 0.668. The van der Waals surface area contributed by atoms with Gasteiger partial charge in [0.1, 0.15) is 5.82 Å². The van der Waals surface area contributed by atoms with Crippen LogP contribution in [0.5, 0.6) is 0 Å². The number of benzene rings is 1. The summed E-state index contributed by atoms with van der Waals surface area (Å²) in [6.07, 6.45) is -3.20. The summed E-state index contributed by atoms with van der Waals surface area (Å²) >= 11 is 0. The van der Waals surface area contributed by atoms with Gasteiger partial charge in [-0.2, -0.15) is 18.2 Å². The Morgan fingerprint density at radius 1 is 1.19 bits per heavy atom. The summed E-state index contributed by atoms with van der Waals surface area (Å²) in [7, 11) is 0. The predicted octanol–water partition coefficient (Wildman–Crippen LogP) is 3.09. The maximum absolute atomic E-state index is 13.3. The number of carbonyl (C=O) groups is 2. The second-order valence-electron chi connectivity index (χ2n) is 8.16. The van der Waals surface area contributed by atoms with E-state index in [9.17, 15) is 27.6 Å². The fraction of sp³-hybridized carbons (Fsp3) is 0.429. The van der Waals surface area contributed by atoms with Crippen LogP contribution in [0.4, 0.5) is 30.6 Å². The van der Waals surface area contributed by atoms with Crippen LogP contribution < -0.4 is 21.1 Å². The van der Waals surface area contributed by atoms with Gasteiger partial charge < -0.3 is 15.5 Å². The summed E-state index contributed by atoms with van der Waals surface area (Å²) < 4.78 is 39.8. The molecule has 1 fully saturated rings. The number of aromatic amines is 1. The number of anilines is 3. The number of hydrogen-bond donors (Lipinski definition) is 3. The van der Waals surface area contributed by atoms with Crippen LogP contribution in [0.3, 0.4) is 0 Å². The van der Waals surface area contributed by atoms with E-state index in [1.54, 1.807) is 0 Å². The molecule has 1 atom stereocenters. The van der Waals surface area contributed by atoms with E-state index in [-0.39, 0.29) is 17.8 Å². The summed E-state index contributed by atoms with van der Waals surface area (Å²) in [5.41, 5.74) is -2.13. The number of piperidine rings is 1. The van der Waals surface area contributed by atoms with Crippen molar-refractivity contribution in [3.05, 3.63) is 45.7 Å². The molecule has 0 spiro atoms. The average Bonchev–Trinajstić information content (AvgIpc) is 2.73. The van der Waals surface area contributed by atoms with Crippen molar-refractivity contribution in [1.82, 2.24) is 9.97 Å². The highest BCUT2D eigenvalue weighted by atomic mass is 19.4. The maximum Gasteiger partial charge on any atom is 0.418 e. The SMILES string of the molecule is CC1CCN(c2nc3c(c(=O)[nH]2)[C@@H](C(=O)Nc2ccccc2C(F)(F)F)CC(=O)N3)CC1. The zero-order valence-electron chi connectivity index (χ0n) is 17.3. The van der Waals surface area contributed by atoms with Crippen LogP contribution in [0.25, 0.3) is 0 Å². The Labute approximate surface area is 181 Å². The first-order valence-electron chi connectivity index (χ1n) is 10.3. The third-order valence-electron chi connectivity index (χ3n) is 5.83. The standard InChI is InChI=1S/C21H22F3N5O3/c1-11-6-8-29(9-7-11)20-27-17-16(19(32)28-20)12(10-15(30)26-17)18(31)25-14-5-3-2-4-13(14)21(22,23)24/h2-5,11-12H,6-10H2,1H3,(H,25,31)(H2,26,27,28,30,32)/t12-/m0/s1. The maximum atomic E-state index is 13.3. The number of hydrogen-bond acceptors (Lipinski definition) is 5. The molecule has 0 unspecified atom stereocenters. The third kappa shape index (κ3) is 4.32. The van der Waals surface area contributed by atoms with E-state index in [0.29, 0.717) is 25.0 Å². The Morgan fingerprint density at radius 3 is 2.56 bits per heavy atom. The van der Waals surface area contributed by atoms with E-state index in [1.807, 2.05) is 4.90 Å². The number of rotatable bonds is 3. The van der Waals surface area contributed by atoms with Crippen molar-refractivity contribution in [1.29, 1.82) is 0 Å².